The van der Waals surface area contributed by atoms with E-state index in [1.165, 1.54) is 0 Å². The highest BCUT2D eigenvalue weighted by atomic mass is 16.6. The second-order valence-electron chi connectivity index (χ2n) is 5.09. The molecule has 1 aromatic rings. The van der Waals surface area contributed by atoms with Gasteiger partial charge < -0.3 is 20.1 Å². The van der Waals surface area contributed by atoms with Crippen LogP contribution in [0.15, 0.2) is 18.2 Å². The van der Waals surface area contributed by atoms with Gasteiger partial charge in [0.05, 0.1) is 0 Å². The first-order valence-electron chi connectivity index (χ1n) is 7.04. The molecule has 0 unspecified atom stereocenters. The van der Waals surface area contributed by atoms with Crippen LogP contribution in [-0.2, 0) is 11.3 Å². The van der Waals surface area contributed by atoms with Crippen LogP contribution >= 0.6 is 0 Å². The van der Waals surface area contributed by atoms with Crippen LogP contribution < -0.4 is 20.1 Å². The van der Waals surface area contributed by atoms with E-state index in [2.05, 4.69) is 10.6 Å². The molecule has 5 heteroatoms. The third kappa shape index (κ3) is 4.13. The highest BCUT2D eigenvalue weighted by molar-refractivity contribution is 5.76. The van der Waals surface area contributed by atoms with Gasteiger partial charge in [-0.25, -0.2) is 0 Å². The van der Waals surface area contributed by atoms with Crippen LogP contribution in [0.1, 0.15) is 25.8 Å². The molecule has 5 nitrogen and oxygen atoms in total. The summed E-state index contributed by atoms with van der Waals surface area (Å²) in [5.41, 5.74) is 1.06. The van der Waals surface area contributed by atoms with E-state index in [-0.39, 0.29) is 11.9 Å². The Kier molecular flexibility index (Phi) is 5.24. The zero-order chi connectivity index (χ0) is 14.4. The number of rotatable bonds is 6. The molecule has 0 atom stereocenters. The largest absolute Gasteiger partial charge is 0.486 e. The minimum Gasteiger partial charge on any atom is -0.486 e. The maximum atomic E-state index is 11.5. The molecule has 110 valence electrons. The van der Waals surface area contributed by atoms with Gasteiger partial charge in [0, 0.05) is 31.1 Å². The lowest BCUT2D eigenvalue weighted by atomic mass is 10.1. The fourth-order valence-electron chi connectivity index (χ4n) is 2.09. The average Bonchev–Trinajstić information content (AvgIpc) is 2.43. The standard InChI is InChI=1S/C15H22N2O3/c1-11(2)17-14(18)6-7-16-10-12-4-3-5-13-15(12)20-9-8-19-13/h3-5,11,16H,6-10H2,1-2H3,(H,17,18). The van der Waals surface area contributed by atoms with Gasteiger partial charge in [0.15, 0.2) is 11.5 Å². The number of fused-ring (bicyclic) bond motifs is 1. The summed E-state index contributed by atoms with van der Waals surface area (Å²) in [7, 11) is 0. The van der Waals surface area contributed by atoms with Crippen LogP contribution in [0.2, 0.25) is 0 Å². The summed E-state index contributed by atoms with van der Waals surface area (Å²) in [6.45, 7) is 6.41. The van der Waals surface area contributed by atoms with Gasteiger partial charge in [-0.05, 0) is 19.9 Å². The normalized spacial score (nSPS) is 13.3. The van der Waals surface area contributed by atoms with Gasteiger partial charge in [0.2, 0.25) is 5.91 Å². The molecule has 0 aromatic heterocycles. The number of ether oxygens (including phenoxy) is 2. The summed E-state index contributed by atoms with van der Waals surface area (Å²) in [6, 6.07) is 6.06. The van der Waals surface area contributed by atoms with Crippen LogP contribution in [0, 0.1) is 0 Å². The Morgan fingerprint density at radius 1 is 1.30 bits per heavy atom. The van der Waals surface area contributed by atoms with Crippen molar-refractivity contribution in [1.82, 2.24) is 10.6 Å². The molecule has 0 aliphatic carbocycles. The lowest BCUT2D eigenvalue weighted by Crippen LogP contribution is -2.32. The van der Waals surface area contributed by atoms with Crippen LogP contribution in [0.3, 0.4) is 0 Å². The summed E-state index contributed by atoms with van der Waals surface area (Å²) >= 11 is 0. The molecule has 0 fully saturated rings. The highest BCUT2D eigenvalue weighted by Gasteiger charge is 2.15. The van der Waals surface area contributed by atoms with E-state index in [1.54, 1.807) is 0 Å². The van der Waals surface area contributed by atoms with E-state index in [0.717, 1.165) is 17.1 Å². The van der Waals surface area contributed by atoms with E-state index in [9.17, 15) is 4.79 Å². The van der Waals surface area contributed by atoms with Crippen molar-refractivity contribution in [2.75, 3.05) is 19.8 Å². The first-order valence-corrected chi connectivity index (χ1v) is 7.04. The molecular formula is C15H22N2O3. The number of benzene rings is 1. The maximum absolute atomic E-state index is 11.5. The van der Waals surface area contributed by atoms with E-state index >= 15 is 0 Å². The molecule has 0 saturated carbocycles. The molecule has 2 N–H and O–H groups in total. The maximum Gasteiger partial charge on any atom is 0.221 e. The number of nitrogens with one attached hydrogen (secondary N) is 2. The number of para-hydroxylation sites is 1. The van der Waals surface area contributed by atoms with Crippen molar-refractivity contribution in [2.45, 2.75) is 32.9 Å². The molecule has 20 heavy (non-hydrogen) atoms. The predicted octanol–water partition coefficient (Wildman–Crippen LogP) is 1.46. The van der Waals surface area contributed by atoms with Crippen LogP contribution in [-0.4, -0.2) is 31.7 Å². The van der Waals surface area contributed by atoms with Crippen molar-refractivity contribution in [1.29, 1.82) is 0 Å². The summed E-state index contributed by atoms with van der Waals surface area (Å²) < 4.78 is 11.2. The second-order valence-corrected chi connectivity index (χ2v) is 5.09. The Bertz CT molecular complexity index is 460. The molecule has 1 amide bonds. The van der Waals surface area contributed by atoms with Gasteiger partial charge in [-0.3, -0.25) is 4.79 Å². The van der Waals surface area contributed by atoms with Crippen LogP contribution in [0.25, 0.3) is 0 Å². The Balaban J connectivity index is 1.79. The second kappa shape index (κ2) is 7.14. The zero-order valence-electron chi connectivity index (χ0n) is 12.1. The van der Waals surface area contributed by atoms with Crippen molar-refractivity contribution in [3.63, 3.8) is 0 Å². The average molecular weight is 278 g/mol. The smallest absolute Gasteiger partial charge is 0.221 e. The fourth-order valence-corrected chi connectivity index (χ4v) is 2.09. The molecule has 2 rings (SSSR count). The summed E-state index contributed by atoms with van der Waals surface area (Å²) in [6.07, 6.45) is 0.477. The number of amides is 1. The molecule has 1 aliphatic rings. The third-order valence-corrected chi connectivity index (χ3v) is 2.94. The van der Waals surface area contributed by atoms with Gasteiger partial charge in [0.25, 0.3) is 0 Å². The number of carbonyl (C=O) groups is 1. The SMILES string of the molecule is CC(C)NC(=O)CCNCc1cccc2c1OCCO2. The van der Waals surface area contributed by atoms with Crippen molar-refractivity contribution in [3.05, 3.63) is 23.8 Å². The minimum absolute atomic E-state index is 0.0715. The van der Waals surface area contributed by atoms with Crippen molar-refractivity contribution < 1.29 is 14.3 Å². The van der Waals surface area contributed by atoms with Gasteiger partial charge in [0.1, 0.15) is 13.2 Å². The third-order valence-electron chi connectivity index (χ3n) is 2.94. The van der Waals surface area contributed by atoms with E-state index < -0.39 is 0 Å². The number of hydrogen-bond donors (Lipinski definition) is 2. The molecule has 1 aliphatic heterocycles. The topological polar surface area (TPSA) is 59.6 Å². The first kappa shape index (κ1) is 14.7. The van der Waals surface area contributed by atoms with Crippen molar-refractivity contribution in [3.8, 4) is 11.5 Å². The van der Waals surface area contributed by atoms with Crippen molar-refractivity contribution in [2.24, 2.45) is 0 Å². The summed E-state index contributed by atoms with van der Waals surface area (Å²) in [5, 5.41) is 6.13. The van der Waals surface area contributed by atoms with Gasteiger partial charge >= 0.3 is 0 Å². The van der Waals surface area contributed by atoms with Crippen LogP contribution in [0.4, 0.5) is 0 Å². The Labute approximate surface area is 119 Å². The fraction of sp³-hybridized carbons (Fsp3) is 0.533. The molecular weight excluding hydrogens is 256 g/mol. The minimum atomic E-state index is 0.0715. The molecule has 0 radical (unpaired) electrons. The molecule has 1 aromatic carbocycles. The van der Waals surface area contributed by atoms with Gasteiger partial charge in [-0.15, -0.1) is 0 Å². The first-order chi connectivity index (χ1) is 9.66. The lowest BCUT2D eigenvalue weighted by Gasteiger charge is -2.21. The summed E-state index contributed by atoms with van der Waals surface area (Å²) in [5.74, 6) is 1.69. The Morgan fingerprint density at radius 3 is 2.90 bits per heavy atom. The predicted molar refractivity (Wildman–Crippen MR) is 77.0 cm³/mol. The Hall–Kier alpha value is -1.75. The van der Waals surface area contributed by atoms with E-state index in [4.69, 9.17) is 9.47 Å². The quantitative estimate of drug-likeness (QED) is 0.774. The molecule has 0 bridgehead atoms. The Morgan fingerprint density at radius 2 is 2.10 bits per heavy atom. The summed E-state index contributed by atoms with van der Waals surface area (Å²) in [4.78, 5) is 11.5. The molecule has 1 heterocycles. The highest BCUT2D eigenvalue weighted by Crippen LogP contribution is 2.33. The lowest BCUT2D eigenvalue weighted by molar-refractivity contribution is -0.121. The molecule has 0 saturated heterocycles. The van der Waals surface area contributed by atoms with Gasteiger partial charge in [-0.2, -0.15) is 0 Å². The number of hydrogen-bond acceptors (Lipinski definition) is 4. The zero-order valence-corrected chi connectivity index (χ0v) is 12.1. The van der Waals surface area contributed by atoms with E-state index in [0.29, 0.717) is 32.7 Å². The number of carbonyl (C=O) groups excluding carboxylic acids is 1. The van der Waals surface area contributed by atoms with Gasteiger partial charge in [-0.1, -0.05) is 12.1 Å². The van der Waals surface area contributed by atoms with Crippen LogP contribution in [0.5, 0.6) is 11.5 Å². The van der Waals surface area contributed by atoms with Crippen molar-refractivity contribution >= 4 is 5.91 Å². The van der Waals surface area contributed by atoms with E-state index in [1.807, 2.05) is 32.0 Å². The molecule has 0 spiro atoms. The monoisotopic (exact) mass is 278 g/mol.